The molecule has 21 heavy (non-hydrogen) atoms. The molecule has 0 fully saturated rings. The first-order valence-electron chi connectivity index (χ1n) is 8.16. The Morgan fingerprint density at radius 2 is 1.62 bits per heavy atom. The highest BCUT2D eigenvalue weighted by Crippen LogP contribution is 2.33. The molecule has 2 unspecified atom stereocenters. The minimum Gasteiger partial charge on any atom is -0.497 e. The lowest BCUT2D eigenvalue weighted by Crippen LogP contribution is -2.28. The van der Waals surface area contributed by atoms with Crippen molar-refractivity contribution in [1.82, 2.24) is 5.32 Å². The van der Waals surface area contributed by atoms with Crippen LogP contribution in [0.1, 0.15) is 58.1 Å². The molecule has 3 heteroatoms. The van der Waals surface area contributed by atoms with Crippen LogP contribution in [0.4, 0.5) is 0 Å². The number of nitrogens with one attached hydrogen (secondary N) is 1. The van der Waals surface area contributed by atoms with Gasteiger partial charge in [0.2, 0.25) is 0 Å². The van der Waals surface area contributed by atoms with Crippen LogP contribution >= 0.6 is 0 Å². The van der Waals surface area contributed by atoms with Crippen LogP contribution in [0.25, 0.3) is 0 Å². The van der Waals surface area contributed by atoms with Gasteiger partial charge in [0.1, 0.15) is 11.5 Å². The fourth-order valence-electron chi connectivity index (χ4n) is 2.86. The van der Waals surface area contributed by atoms with Gasteiger partial charge in [-0.1, -0.05) is 40.0 Å². The van der Waals surface area contributed by atoms with E-state index in [1.54, 1.807) is 14.2 Å². The zero-order valence-corrected chi connectivity index (χ0v) is 14.2. The van der Waals surface area contributed by atoms with Crippen molar-refractivity contribution in [3.8, 4) is 11.5 Å². The standard InChI is InChI=1S/C18H31NO2/c1-6-9-10-14(7-2)18(19-8-3)15-11-16(20-4)13-17(12-15)21-5/h11-14,18-19H,6-10H2,1-5H3. The Morgan fingerprint density at radius 3 is 2.05 bits per heavy atom. The van der Waals surface area contributed by atoms with E-state index in [0.29, 0.717) is 12.0 Å². The minimum absolute atomic E-state index is 0.357. The number of methoxy groups -OCH3 is 2. The molecule has 0 aliphatic carbocycles. The molecule has 120 valence electrons. The molecule has 0 bridgehead atoms. The molecule has 3 nitrogen and oxygen atoms in total. The summed E-state index contributed by atoms with van der Waals surface area (Å²) in [6.45, 7) is 7.66. The average Bonchev–Trinajstić information content (AvgIpc) is 2.53. The normalized spacial score (nSPS) is 13.8. The van der Waals surface area contributed by atoms with Gasteiger partial charge in [0.05, 0.1) is 14.2 Å². The topological polar surface area (TPSA) is 30.5 Å². The molecule has 0 aromatic heterocycles. The maximum Gasteiger partial charge on any atom is 0.122 e. The fraction of sp³-hybridized carbons (Fsp3) is 0.667. The number of unbranched alkanes of at least 4 members (excludes halogenated alkanes) is 1. The maximum atomic E-state index is 5.41. The first-order valence-corrected chi connectivity index (χ1v) is 8.16. The molecule has 0 saturated carbocycles. The zero-order valence-electron chi connectivity index (χ0n) is 14.2. The lowest BCUT2D eigenvalue weighted by atomic mass is 9.86. The lowest BCUT2D eigenvalue weighted by Gasteiger charge is -2.28. The Morgan fingerprint density at radius 1 is 1.00 bits per heavy atom. The second kappa shape index (κ2) is 9.67. The Labute approximate surface area is 130 Å². The summed E-state index contributed by atoms with van der Waals surface area (Å²) < 4.78 is 10.8. The molecule has 0 aliphatic heterocycles. The van der Waals surface area contributed by atoms with Crippen LogP contribution in [0.2, 0.25) is 0 Å². The van der Waals surface area contributed by atoms with Crippen LogP contribution in [0, 0.1) is 5.92 Å². The predicted molar refractivity (Wildman–Crippen MR) is 89.3 cm³/mol. The van der Waals surface area contributed by atoms with Crippen molar-refractivity contribution < 1.29 is 9.47 Å². The number of hydrogen-bond acceptors (Lipinski definition) is 3. The molecule has 0 heterocycles. The second-order valence-electron chi connectivity index (χ2n) is 5.49. The Balaban J connectivity index is 3.07. The molecule has 0 aliphatic rings. The Bertz CT molecular complexity index is 384. The van der Waals surface area contributed by atoms with Crippen LogP contribution in [0.15, 0.2) is 18.2 Å². The van der Waals surface area contributed by atoms with Crippen LogP contribution < -0.4 is 14.8 Å². The number of benzene rings is 1. The molecule has 0 radical (unpaired) electrons. The molecular weight excluding hydrogens is 262 g/mol. The highest BCUT2D eigenvalue weighted by Gasteiger charge is 2.21. The van der Waals surface area contributed by atoms with E-state index in [1.165, 1.54) is 31.2 Å². The monoisotopic (exact) mass is 293 g/mol. The molecule has 0 spiro atoms. The molecule has 1 N–H and O–H groups in total. The van der Waals surface area contributed by atoms with Crippen molar-refractivity contribution in [2.24, 2.45) is 5.92 Å². The van der Waals surface area contributed by atoms with Crippen molar-refractivity contribution in [2.75, 3.05) is 20.8 Å². The first kappa shape index (κ1) is 17.8. The number of ether oxygens (including phenoxy) is 2. The summed E-state index contributed by atoms with van der Waals surface area (Å²) in [7, 11) is 3.41. The van der Waals surface area contributed by atoms with E-state index in [1.807, 2.05) is 6.07 Å². The van der Waals surface area contributed by atoms with Gasteiger partial charge in [-0.05, 0) is 36.6 Å². The van der Waals surface area contributed by atoms with Crippen molar-refractivity contribution in [2.45, 2.75) is 52.5 Å². The molecule has 0 saturated heterocycles. The van der Waals surface area contributed by atoms with Crippen LogP contribution in [0.5, 0.6) is 11.5 Å². The van der Waals surface area contributed by atoms with E-state index < -0.39 is 0 Å². The summed E-state index contributed by atoms with van der Waals surface area (Å²) in [6, 6.07) is 6.55. The smallest absolute Gasteiger partial charge is 0.122 e. The van der Waals surface area contributed by atoms with Crippen LogP contribution in [0.3, 0.4) is 0 Å². The van der Waals surface area contributed by atoms with E-state index in [4.69, 9.17) is 9.47 Å². The summed E-state index contributed by atoms with van der Waals surface area (Å²) in [4.78, 5) is 0. The van der Waals surface area contributed by atoms with E-state index in [9.17, 15) is 0 Å². The summed E-state index contributed by atoms with van der Waals surface area (Å²) in [5.74, 6) is 2.36. The molecular formula is C18H31NO2. The maximum absolute atomic E-state index is 5.41. The average molecular weight is 293 g/mol. The third kappa shape index (κ3) is 5.24. The van der Waals surface area contributed by atoms with Gasteiger partial charge in [-0.25, -0.2) is 0 Å². The van der Waals surface area contributed by atoms with Crippen LogP contribution in [-0.4, -0.2) is 20.8 Å². The molecule has 2 atom stereocenters. The summed E-state index contributed by atoms with van der Waals surface area (Å²) in [5, 5.41) is 3.65. The molecule has 0 amide bonds. The van der Waals surface area contributed by atoms with Crippen molar-refractivity contribution in [3.05, 3.63) is 23.8 Å². The van der Waals surface area contributed by atoms with Gasteiger partial charge in [-0.2, -0.15) is 0 Å². The minimum atomic E-state index is 0.357. The first-order chi connectivity index (χ1) is 10.2. The highest BCUT2D eigenvalue weighted by molar-refractivity contribution is 5.40. The van der Waals surface area contributed by atoms with Gasteiger partial charge < -0.3 is 14.8 Å². The largest absolute Gasteiger partial charge is 0.497 e. The summed E-state index contributed by atoms with van der Waals surface area (Å²) in [6.07, 6.45) is 4.96. The molecule has 1 aromatic rings. The summed E-state index contributed by atoms with van der Waals surface area (Å²) in [5.41, 5.74) is 1.26. The van der Waals surface area contributed by atoms with E-state index >= 15 is 0 Å². The van der Waals surface area contributed by atoms with Gasteiger partial charge in [0.25, 0.3) is 0 Å². The molecule has 1 aromatic carbocycles. The highest BCUT2D eigenvalue weighted by atomic mass is 16.5. The second-order valence-corrected chi connectivity index (χ2v) is 5.49. The van der Waals surface area contributed by atoms with E-state index in [-0.39, 0.29) is 0 Å². The van der Waals surface area contributed by atoms with Gasteiger partial charge in [-0.15, -0.1) is 0 Å². The van der Waals surface area contributed by atoms with E-state index in [2.05, 4.69) is 38.2 Å². The SMILES string of the molecule is CCCCC(CC)C(NCC)c1cc(OC)cc(OC)c1. The number of hydrogen-bond donors (Lipinski definition) is 1. The lowest BCUT2D eigenvalue weighted by molar-refractivity contribution is 0.324. The van der Waals surface area contributed by atoms with Crippen molar-refractivity contribution in [3.63, 3.8) is 0 Å². The Hall–Kier alpha value is -1.22. The quantitative estimate of drug-likeness (QED) is 0.685. The Kier molecular flexibility index (Phi) is 8.21. The van der Waals surface area contributed by atoms with Crippen LogP contribution in [-0.2, 0) is 0 Å². The van der Waals surface area contributed by atoms with Crippen molar-refractivity contribution >= 4 is 0 Å². The third-order valence-corrected chi connectivity index (χ3v) is 4.08. The predicted octanol–water partition coefficient (Wildman–Crippen LogP) is 4.57. The number of rotatable bonds is 10. The van der Waals surface area contributed by atoms with Gasteiger partial charge in [-0.3, -0.25) is 0 Å². The van der Waals surface area contributed by atoms with Gasteiger partial charge in [0.15, 0.2) is 0 Å². The van der Waals surface area contributed by atoms with Crippen molar-refractivity contribution in [1.29, 1.82) is 0 Å². The fourth-order valence-corrected chi connectivity index (χ4v) is 2.86. The van der Waals surface area contributed by atoms with E-state index in [0.717, 1.165) is 18.0 Å². The summed E-state index contributed by atoms with van der Waals surface area (Å²) >= 11 is 0. The third-order valence-electron chi connectivity index (χ3n) is 4.08. The molecule has 1 rings (SSSR count). The zero-order chi connectivity index (χ0) is 15.7. The van der Waals surface area contributed by atoms with Gasteiger partial charge >= 0.3 is 0 Å². The van der Waals surface area contributed by atoms with Gasteiger partial charge in [0, 0.05) is 12.1 Å².